The minimum atomic E-state index is 0.853. The fraction of sp³-hybridized carbons (Fsp3) is 0. The van der Waals surface area contributed by atoms with E-state index in [9.17, 15) is 0 Å². The molecule has 0 spiro atoms. The molecule has 11 aromatic carbocycles. The second kappa shape index (κ2) is 14.8. The average molecular weight is 790 g/mol. The Labute approximate surface area is 360 Å². The SMILES string of the molecule is c1ccc(-c2cccc(-c3ccc(N(c4cc(-c5cccc6c5ccc5ccccc56)ccc4-c4ccccc4)c4cccc5oc6c7ccccc7ccc6c45)cc3)c2)cc1. The molecule has 62 heavy (non-hydrogen) atoms. The maximum absolute atomic E-state index is 6.82. The highest BCUT2D eigenvalue weighted by atomic mass is 16.3. The standard InChI is InChI=1S/C60H39NO/c1-3-14-40(15-4-1)45-20-11-21-46(38-45)41-28-33-48(34-29-41)61(56-26-13-27-58-59(56)55-37-31-44-19-8-10-23-52(44)60(55)62-58)57-39-47(32-35-51(57)42-16-5-2-6-17-42)50-24-12-25-53-49-22-9-7-18-43(49)30-36-54(50)53/h1-39H. The van der Waals surface area contributed by atoms with Gasteiger partial charge in [-0.05, 0) is 108 Å². The molecule has 0 N–H and O–H groups in total. The van der Waals surface area contributed by atoms with Crippen LogP contribution in [0.3, 0.4) is 0 Å². The summed E-state index contributed by atoms with van der Waals surface area (Å²) in [5, 5.41) is 9.42. The Kier molecular flexibility index (Phi) is 8.53. The van der Waals surface area contributed by atoms with Crippen LogP contribution in [-0.4, -0.2) is 0 Å². The van der Waals surface area contributed by atoms with Crippen LogP contribution in [0, 0.1) is 0 Å². The molecule has 0 saturated carbocycles. The Morgan fingerprint density at radius 2 is 0.871 bits per heavy atom. The Bertz CT molecular complexity index is 3620. The molecule has 0 bridgehead atoms. The first-order valence-electron chi connectivity index (χ1n) is 21.2. The predicted octanol–water partition coefficient (Wildman–Crippen LogP) is 17.2. The molecule has 0 fully saturated rings. The van der Waals surface area contributed by atoms with E-state index in [1.54, 1.807) is 0 Å². The van der Waals surface area contributed by atoms with Gasteiger partial charge in [-0.3, -0.25) is 0 Å². The van der Waals surface area contributed by atoms with Crippen molar-refractivity contribution in [3.63, 3.8) is 0 Å². The summed E-state index contributed by atoms with van der Waals surface area (Å²) in [4.78, 5) is 2.45. The van der Waals surface area contributed by atoms with Crippen molar-refractivity contribution in [3.05, 3.63) is 237 Å². The van der Waals surface area contributed by atoms with Crippen LogP contribution in [-0.2, 0) is 0 Å². The zero-order valence-electron chi connectivity index (χ0n) is 33.9. The largest absolute Gasteiger partial charge is 0.455 e. The van der Waals surface area contributed by atoms with Gasteiger partial charge in [-0.15, -0.1) is 0 Å². The van der Waals surface area contributed by atoms with Crippen LogP contribution >= 0.6 is 0 Å². The van der Waals surface area contributed by atoms with Gasteiger partial charge in [0, 0.05) is 22.0 Å². The molecule has 0 aliphatic heterocycles. The number of hydrogen-bond donors (Lipinski definition) is 0. The van der Waals surface area contributed by atoms with Gasteiger partial charge in [0.1, 0.15) is 11.2 Å². The topological polar surface area (TPSA) is 16.4 Å². The Hall–Kier alpha value is -8.20. The molecule has 0 amide bonds. The number of nitrogens with zero attached hydrogens (tertiary/aromatic N) is 1. The maximum Gasteiger partial charge on any atom is 0.143 e. The first-order valence-corrected chi connectivity index (χ1v) is 21.2. The summed E-state index contributed by atoms with van der Waals surface area (Å²) in [6.45, 7) is 0. The van der Waals surface area contributed by atoms with Crippen molar-refractivity contribution in [2.24, 2.45) is 0 Å². The first-order chi connectivity index (χ1) is 30.7. The van der Waals surface area contributed by atoms with E-state index >= 15 is 0 Å². The van der Waals surface area contributed by atoms with Crippen LogP contribution in [0.4, 0.5) is 17.1 Å². The van der Waals surface area contributed by atoms with E-state index in [0.29, 0.717) is 0 Å². The summed E-state index contributed by atoms with van der Waals surface area (Å²) < 4.78 is 6.82. The van der Waals surface area contributed by atoms with Gasteiger partial charge in [0.15, 0.2) is 0 Å². The van der Waals surface area contributed by atoms with Crippen molar-refractivity contribution in [3.8, 4) is 44.5 Å². The van der Waals surface area contributed by atoms with Gasteiger partial charge in [-0.2, -0.15) is 0 Å². The molecular formula is C60H39NO. The number of rotatable bonds is 7. The third-order valence-corrected chi connectivity index (χ3v) is 12.5. The Morgan fingerprint density at radius 1 is 0.290 bits per heavy atom. The molecule has 290 valence electrons. The summed E-state index contributed by atoms with van der Waals surface area (Å²) in [6, 6.07) is 85.5. The molecule has 0 aliphatic rings. The highest BCUT2D eigenvalue weighted by Gasteiger charge is 2.24. The van der Waals surface area contributed by atoms with Gasteiger partial charge in [0.25, 0.3) is 0 Å². The highest BCUT2D eigenvalue weighted by Crippen LogP contribution is 2.48. The van der Waals surface area contributed by atoms with Gasteiger partial charge in [-0.1, -0.05) is 194 Å². The molecule has 1 heterocycles. The minimum absolute atomic E-state index is 0.853. The summed E-state index contributed by atoms with van der Waals surface area (Å²) in [6.07, 6.45) is 0. The van der Waals surface area contributed by atoms with E-state index in [4.69, 9.17) is 4.42 Å². The van der Waals surface area contributed by atoms with Crippen LogP contribution in [0.15, 0.2) is 241 Å². The second-order valence-corrected chi connectivity index (χ2v) is 16.0. The number of furan rings is 1. The number of anilines is 3. The van der Waals surface area contributed by atoms with Crippen LogP contribution in [0.5, 0.6) is 0 Å². The van der Waals surface area contributed by atoms with E-state index in [-0.39, 0.29) is 0 Å². The lowest BCUT2D eigenvalue weighted by molar-refractivity contribution is 0.672. The Morgan fingerprint density at radius 3 is 1.65 bits per heavy atom. The van der Waals surface area contributed by atoms with Gasteiger partial charge in [-0.25, -0.2) is 0 Å². The molecule has 12 rings (SSSR count). The van der Waals surface area contributed by atoms with E-state index < -0.39 is 0 Å². The zero-order valence-corrected chi connectivity index (χ0v) is 33.9. The first kappa shape index (κ1) is 35.7. The van der Waals surface area contributed by atoms with Gasteiger partial charge in [0.05, 0.1) is 16.8 Å². The molecule has 0 saturated heterocycles. The van der Waals surface area contributed by atoms with Crippen LogP contribution < -0.4 is 4.90 Å². The monoisotopic (exact) mass is 789 g/mol. The van der Waals surface area contributed by atoms with E-state index in [1.165, 1.54) is 43.8 Å². The smallest absolute Gasteiger partial charge is 0.143 e. The molecule has 2 heteroatoms. The van der Waals surface area contributed by atoms with Gasteiger partial charge >= 0.3 is 0 Å². The highest BCUT2D eigenvalue weighted by molar-refractivity contribution is 6.20. The quantitative estimate of drug-likeness (QED) is 0.150. The zero-order chi connectivity index (χ0) is 41.0. The lowest BCUT2D eigenvalue weighted by Gasteiger charge is -2.29. The minimum Gasteiger partial charge on any atom is -0.455 e. The van der Waals surface area contributed by atoms with Crippen LogP contribution in [0.2, 0.25) is 0 Å². The fourth-order valence-electron chi connectivity index (χ4n) is 9.48. The second-order valence-electron chi connectivity index (χ2n) is 16.0. The van der Waals surface area contributed by atoms with Crippen molar-refractivity contribution in [2.75, 3.05) is 4.90 Å². The van der Waals surface area contributed by atoms with Gasteiger partial charge < -0.3 is 9.32 Å². The number of benzene rings is 11. The number of fused-ring (bicyclic) bond motifs is 8. The average Bonchev–Trinajstić information content (AvgIpc) is 3.75. The maximum atomic E-state index is 6.82. The summed E-state index contributed by atoms with van der Waals surface area (Å²) in [5.74, 6) is 0. The molecule has 1 aromatic heterocycles. The fourth-order valence-corrected chi connectivity index (χ4v) is 9.48. The lowest BCUT2D eigenvalue weighted by atomic mass is 9.92. The van der Waals surface area contributed by atoms with Crippen molar-refractivity contribution in [1.82, 2.24) is 0 Å². The third kappa shape index (κ3) is 6.04. The molecule has 2 nitrogen and oxygen atoms in total. The van der Waals surface area contributed by atoms with Crippen molar-refractivity contribution in [2.45, 2.75) is 0 Å². The molecule has 0 radical (unpaired) electrons. The van der Waals surface area contributed by atoms with E-state index in [0.717, 1.165) is 72.0 Å². The van der Waals surface area contributed by atoms with Crippen molar-refractivity contribution in [1.29, 1.82) is 0 Å². The van der Waals surface area contributed by atoms with Crippen molar-refractivity contribution < 1.29 is 4.42 Å². The van der Waals surface area contributed by atoms with Crippen molar-refractivity contribution >= 4 is 71.3 Å². The molecule has 0 aliphatic carbocycles. The van der Waals surface area contributed by atoms with Crippen LogP contribution in [0.1, 0.15) is 0 Å². The molecule has 0 unspecified atom stereocenters. The van der Waals surface area contributed by atoms with Gasteiger partial charge in [0.2, 0.25) is 0 Å². The number of hydrogen-bond acceptors (Lipinski definition) is 2. The molecular weight excluding hydrogens is 751 g/mol. The molecule has 0 atom stereocenters. The summed E-state index contributed by atoms with van der Waals surface area (Å²) >= 11 is 0. The normalized spacial score (nSPS) is 11.5. The van der Waals surface area contributed by atoms with E-state index in [1.807, 2.05) is 0 Å². The molecule has 12 aromatic rings. The summed E-state index contributed by atoms with van der Waals surface area (Å²) in [5.41, 5.74) is 14.3. The van der Waals surface area contributed by atoms with E-state index in [2.05, 4.69) is 241 Å². The Balaban J connectivity index is 1.11. The van der Waals surface area contributed by atoms with Crippen LogP contribution in [0.25, 0.3) is 98.8 Å². The summed E-state index contributed by atoms with van der Waals surface area (Å²) in [7, 11) is 0. The predicted molar refractivity (Wildman–Crippen MR) is 263 cm³/mol. The third-order valence-electron chi connectivity index (χ3n) is 12.5. The lowest BCUT2D eigenvalue weighted by Crippen LogP contribution is -2.12.